The van der Waals surface area contributed by atoms with E-state index in [4.69, 9.17) is 0 Å². The monoisotopic (exact) mass is 267 g/mol. The van der Waals surface area contributed by atoms with E-state index >= 15 is 0 Å². The Morgan fingerprint density at radius 3 is 2.94 bits per heavy atom. The number of rotatable bonds is 5. The highest BCUT2D eigenvalue weighted by atomic mass is 32.1. The Balaban J connectivity index is 2.27. The molecule has 8 heteroatoms. The molecule has 0 radical (unpaired) electrons. The minimum atomic E-state index is -0.404. The lowest BCUT2D eigenvalue weighted by molar-refractivity contribution is -0.384. The maximum atomic E-state index is 11.0. The van der Waals surface area contributed by atoms with Crippen molar-refractivity contribution >= 4 is 22.8 Å². The summed E-state index contributed by atoms with van der Waals surface area (Å²) in [7, 11) is 0. The summed E-state index contributed by atoms with van der Waals surface area (Å²) in [5.74, 6) is 0.440. The zero-order valence-corrected chi connectivity index (χ0v) is 10.9. The molecule has 0 unspecified atom stereocenters. The van der Waals surface area contributed by atoms with E-state index in [0.29, 0.717) is 24.6 Å². The maximum absolute atomic E-state index is 11.0. The molecule has 0 bridgehead atoms. The molecule has 2 heterocycles. The largest absolute Gasteiger partial charge is 0.358 e. The Bertz CT molecular complexity index is 549. The van der Waals surface area contributed by atoms with Crippen LogP contribution in [0.2, 0.25) is 0 Å². The van der Waals surface area contributed by atoms with Crippen LogP contribution in [-0.4, -0.2) is 19.7 Å². The average molecular weight is 267 g/mol. The number of thiazole rings is 1. The van der Waals surface area contributed by atoms with E-state index in [2.05, 4.69) is 15.4 Å². The van der Waals surface area contributed by atoms with Crippen molar-refractivity contribution in [2.75, 3.05) is 5.32 Å². The topological polar surface area (TPSA) is 85.9 Å². The minimum Gasteiger partial charge on any atom is -0.358 e. The normalized spacial score (nSPS) is 10.6. The highest BCUT2D eigenvalue weighted by Crippen LogP contribution is 2.28. The number of nitrogens with zero attached hydrogens (tertiary/aromatic N) is 4. The molecule has 0 aliphatic heterocycles. The Morgan fingerprint density at radius 1 is 1.61 bits per heavy atom. The van der Waals surface area contributed by atoms with Gasteiger partial charge < -0.3 is 5.32 Å². The summed E-state index contributed by atoms with van der Waals surface area (Å²) in [6.45, 7) is 4.57. The van der Waals surface area contributed by atoms with Gasteiger partial charge in [0.25, 0.3) is 0 Å². The van der Waals surface area contributed by atoms with E-state index in [1.165, 1.54) is 11.3 Å². The summed E-state index contributed by atoms with van der Waals surface area (Å²) in [6, 6.07) is 0. The lowest BCUT2D eigenvalue weighted by Crippen LogP contribution is -2.08. The molecule has 0 amide bonds. The van der Waals surface area contributed by atoms with Crippen molar-refractivity contribution in [3.05, 3.63) is 32.4 Å². The quantitative estimate of drug-likeness (QED) is 0.663. The predicted octanol–water partition coefficient (Wildman–Crippen LogP) is 2.19. The molecular weight excluding hydrogens is 254 g/mol. The van der Waals surface area contributed by atoms with Crippen molar-refractivity contribution in [2.45, 2.75) is 26.9 Å². The minimum absolute atomic E-state index is 0.0356. The van der Waals surface area contributed by atoms with Crippen molar-refractivity contribution in [2.24, 2.45) is 0 Å². The first-order valence-corrected chi connectivity index (χ1v) is 6.35. The number of nitro groups is 1. The highest BCUT2D eigenvalue weighted by molar-refractivity contribution is 7.09. The van der Waals surface area contributed by atoms with Crippen LogP contribution in [0, 0.1) is 17.0 Å². The molecule has 96 valence electrons. The van der Waals surface area contributed by atoms with Gasteiger partial charge in [-0.2, -0.15) is 5.10 Å². The molecule has 0 aliphatic carbocycles. The van der Waals surface area contributed by atoms with Gasteiger partial charge in [-0.1, -0.05) is 0 Å². The fourth-order valence-corrected chi connectivity index (χ4v) is 2.25. The molecule has 1 N–H and O–H groups in total. The molecule has 18 heavy (non-hydrogen) atoms. The standard InChI is InChI=1S/C10H13N5O2S/c1-3-14-10(9(15(16)17)7(2)13-14)12-6-8-11-4-5-18-8/h4-5,12H,3,6H2,1-2H3. The molecule has 0 saturated carbocycles. The van der Waals surface area contributed by atoms with Crippen molar-refractivity contribution in [3.63, 3.8) is 0 Å². The lowest BCUT2D eigenvalue weighted by atomic mass is 10.4. The second-order valence-corrected chi connectivity index (χ2v) is 4.61. The van der Waals surface area contributed by atoms with Crippen LogP contribution >= 0.6 is 11.3 Å². The SMILES string of the molecule is CCn1nc(C)c([N+](=O)[O-])c1NCc1nccs1. The third kappa shape index (κ3) is 2.33. The second kappa shape index (κ2) is 5.13. The van der Waals surface area contributed by atoms with Gasteiger partial charge in [-0.3, -0.25) is 10.1 Å². The van der Waals surface area contributed by atoms with Crippen LogP contribution in [0.15, 0.2) is 11.6 Å². The van der Waals surface area contributed by atoms with Gasteiger partial charge in [0.1, 0.15) is 10.7 Å². The molecule has 0 aromatic carbocycles. The third-order valence-electron chi connectivity index (χ3n) is 2.47. The molecule has 7 nitrogen and oxygen atoms in total. The predicted molar refractivity (Wildman–Crippen MR) is 68.7 cm³/mol. The highest BCUT2D eigenvalue weighted by Gasteiger charge is 2.24. The molecule has 0 saturated heterocycles. The molecule has 2 rings (SSSR count). The van der Waals surface area contributed by atoms with Crippen LogP contribution in [-0.2, 0) is 13.1 Å². The van der Waals surface area contributed by atoms with Gasteiger partial charge in [0.05, 0.1) is 11.5 Å². The van der Waals surface area contributed by atoms with Crippen LogP contribution in [0.1, 0.15) is 17.6 Å². The van der Waals surface area contributed by atoms with Gasteiger partial charge >= 0.3 is 5.69 Å². The van der Waals surface area contributed by atoms with Crippen LogP contribution < -0.4 is 5.32 Å². The van der Waals surface area contributed by atoms with E-state index in [9.17, 15) is 10.1 Å². The molecular formula is C10H13N5O2S. The van der Waals surface area contributed by atoms with Crippen LogP contribution in [0.4, 0.5) is 11.5 Å². The Morgan fingerprint density at radius 2 is 2.39 bits per heavy atom. The first-order valence-electron chi connectivity index (χ1n) is 5.47. The summed E-state index contributed by atoms with van der Waals surface area (Å²) in [4.78, 5) is 14.8. The molecule has 0 spiro atoms. The first kappa shape index (κ1) is 12.5. The maximum Gasteiger partial charge on any atom is 0.333 e. The summed E-state index contributed by atoms with van der Waals surface area (Å²) < 4.78 is 1.60. The van der Waals surface area contributed by atoms with Crippen LogP contribution in [0.5, 0.6) is 0 Å². The molecule has 0 aliphatic rings. The number of nitrogens with one attached hydrogen (secondary N) is 1. The van der Waals surface area contributed by atoms with Gasteiger partial charge in [-0.05, 0) is 13.8 Å². The van der Waals surface area contributed by atoms with E-state index in [-0.39, 0.29) is 5.69 Å². The summed E-state index contributed by atoms with van der Waals surface area (Å²) >= 11 is 1.50. The Kier molecular flexibility index (Phi) is 3.56. The third-order valence-corrected chi connectivity index (χ3v) is 3.25. The van der Waals surface area contributed by atoms with Gasteiger partial charge in [-0.25, -0.2) is 9.67 Å². The smallest absolute Gasteiger partial charge is 0.333 e. The number of aryl methyl sites for hydroxylation is 2. The first-order chi connectivity index (χ1) is 8.63. The van der Waals surface area contributed by atoms with Crippen molar-refractivity contribution in [1.29, 1.82) is 0 Å². The fraction of sp³-hybridized carbons (Fsp3) is 0.400. The molecule has 2 aromatic rings. The lowest BCUT2D eigenvalue weighted by Gasteiger charge is -2.05. The zero-order chi connectivity index (χ0) is 13.1. The summed E-state index contributed by atoms with van der Waals surface area (Å²) in [5.41, 5.74) is 0.455. The van der Waals surface area contributed by atoms with E-state index in [0.717, 1.165) is 5.01 Å². The molecule has 2 aromatic heterocycles. The van der Waals surface area contributed by atoms with Gasteiger partial charge in [-0.15, -0.1) is 11.3 Å². The number of hydrogen-bond donors (Lipinski definition) is 1. The number of anilines is 1. The summed E-state index contributed by atoms with van der Waals surface area (Å²) in [5, 5.41) is 21.0. The van der Waals surface area contributed by atoms with Gasteiger partial charge in [0, 0.05) is 18.1 Å². The number of aromatic nitrogens is 3. The Hall–Kier alpha value is -1.96. The average Bonchev–Trinajstić information content (AvgIpc) is 2.92. The van der Waals surface area contributed by atoms with E-state index in [1.54, 1.807) is 17.8 Å². The van der Waals surface area contributed by atoms with Crippen LogP contribution in [0.25, 0.3) is 0 Å². The molecule has 0 fully saturated rings. The second-order valence-electron chi connectivity index (χ2n) is 3.63. The van der Waals surface area contributed by atoms with Gasteiger partial charge in [0.2, 0.25) is 5.82 Å². The van der Waals surface area contributed by atoms with Crippen molar-refractivity contribution in [1.82, 2.24) is 14.8 Å². The molecule has 0 atom stereocenters. The van der Waals surface area contributed by atoms with E-state index < -0.39 is 4.92 Å². The Labute approximate surface area is 108 Å². The van der Waals surface area contributed by atoms with Crippen molar-refractivity contribution in [3.8, 4) is 0 Å². The van der Waals surface area contributed by atoms with Crippen LogP contribution in [0.3, 0.4) is 0 Å². The van der Waals surface area contributed by atoms with E-state index in [1.807, 2.05) is 12.3 Å². The summed E-state index contributed by atoms with van der Waals surface area (Å²) in [6.07, 6.45) is 1.71. The fourth-order valence-electron chi connectivity index (χ4n) is 1.69. The van der Waals surface area contributed by atoms with Gasteiger partial charge in [0.15, 0.2) is 0 Å². The number of hydrogen-bond acceptors (Lipinski definition) is 6. The van der Waals surface area contributed by atoms with Crippen molar-refractivity contribution < 1.29 is 4.92 Å². The zero-order valence-electron chi connectivity index (χ0n) is 10.1.